The van der Waals surface area contributed by atoms with Crippen LogP contribution >= 0.6 is 12.2 Å². The summed E-state index contributed by atoms with van der Waals surface area (Å²) >= 11 is 5.42. The Morgan fingerprint density at radius 2 is 1.79 bits per heavy atom. The van der Waals surface area contributed by atoms with E-state index in [2.05, 4.69) is 39.4 Å². The first-order chi connectivity index (χ1) is 22.7. The Balaban J connectivity index is 1.13. The fourth-order valence-electron chi connectivity index (χ4n) is 6.98. The molecule has 2 aromatic heterocycles. The molecule has 0 saturated carbocycles. The lowest BCUT2D eigenvalue weighted by Gasteiger charge is -2.44. The Bertz CT molecular complexity index is 2130. The van der Waals surface area contributed by atoms with E-state index >= 15 is 0 Å². The topological polar surface area (TPSA) is 116 Å². The normalized spacial score (nSPS) is 17.1. The molecule has 240 valence electrons. The number of hydrogen-bond donors (Lipinski definition) is 3. The van der Waals surface area contributed by atoms with Crippen molar-refractivity contribution in [2.45, 2.75) is 58.4 Å². The lowest BCUT2D eigenvalue weighted by Crippen LogP contribution is -2.40. The van der Waals surface area contributed by atoms with Crippen LogP contribution in [0.4, 0.5) is 11.5 Å². The Morgan fingerprint density at radius 3 is 2.60 bits per heavy atom. The van der Waals surface area contributed by atoms with E-state index in [9.17, 15) is 14.7 Å². The zero-order chi connectivity index (χ0) is 32.7. The largest absolute Gasteiger partial charge is 0.508 e. The van der Waals surface area contributed by atoms with Crippen molar-refractivity contribution in [3.05, 3.63) is 117 Å². The highest BCUT2D eigenvalue weighted by atomic mass is 32.1. The third-order valence-electron chi connectivity index (χ3n) is 9.07. The Morgan fingerprint density at radius 1 is 0.979 bits per heavy atom. The molecular weight excluding hydrogens is 611 g/mol. The average Bonchev–Trinajstić information content (AvgIpc) is 3.44. The SMILES string of the molecule is CC1(C)CC(=O)C2=C(C1)N(c1cccc(O)c1)c1[nH]c(=S)[nH]c(=O)c1C2c1ccc(OCCCCCn2cnc3ccccc32)cc1. The minimum Gasteiger partial charge on any atom is -0.508 e. The van der Waals surface area contributed by atoms with Crippen LogP contribution in [0.2, 0.25) is 0 Å². The monoisotopic (exact) mass is 647 g/mol. The van der Waals surface area contributed by atoms with Gasteiger partial charge in [0.15, 0.2) is 10.6 Å². The molecule has 1 aliphatic heterocycles. The molecule has 3 N–H and O–H groups in total. The van der Waals surface area contributed by atoms with E-state index in [4.69, 9.17) is 17.0 Å². The van der Waals surface area contributed by atoms with Gasteiger partial charge >= 0.3 is 0 Å². The van der Waals surface area contributed by atoms with Gasteiger partial charge in [0, 0.05) is 36.2 Å². The number of hydrogen-bond acceptors (Lipinski definition) is 7. The highest BCUT2D eigenvalue weighted by molar-refractivity contribution is 7.71. The molecule has 7 rings (SSSR count). The molecule has 3 aromatic carbocycles. The van der Waals surface area contributed by atoms with Crippen molar-refractivity contribution < 1.29 is 14.6 Å². The molecule has 0 bridgehead atoms. The molecule has 0 fully saturated rings. The Labute approximate surface area is 277 Å². The average molecular weight is 648 g/mol. The third kappa shape index (κ3) is 6.01. The Kier molecular flexibility index (Phi) is 8.05. The number of aromatic amines is 2. The number of imidazole rings is 1. The summed E-state index contributed by atoms with van der Waals surface area (Å²) in [5.74, 6) is 0.727. The molecular formula is C37H37N5O4S. The molecule has 2 aliphatic rings. The number of allylic oxidation sites excluding steroid dienone is 2. The van der Waals surface area contributed by atoms with Crippen LogP contribution in [-0.2, 0) is 11.3 Å². The first-order valence-corrected chi connectivity index (χ1v) is 16.4. The maximum Gasteiger partial charge on any atom is 0.258 e. The van der Waals surface area contributed by atoms with Crippen molar-refractivity contribution in [3.63, 3.8) is 0 Å². The van der Waals surface area contributed by atoms with Gasteiger partial charge in [-0.25, -0.2) is 4.98 Å². The van der Waals surface area contributed by atoms with Crippen molar-refractivity contribution in [1.29, 1.82) is 0 Å². The van der Waals surface area contributed by atoms with Crippen LogP contribution in [0.3, 0.4) is 0 Å². The van der Waals surface area contributed by atoms with Gasteiger partial charge in [-0.2, -0.15) is 0 Å². The van der Waals surface area contributed by atoms with Gasteiger partial charge in [-0.05, 0) is 85.3 Å². The summed E-state index contributed by atoms with van der Waals surface area (Å²) in [4.78, 5) is 40.0. The van der Waals surface area contributed by atoms with E-state index in [1.54, 1.807) is 18.2 Å². The number of aromatic nitrogens is 4. The summed E-state index contributed by atoms with van der Waals surface area (Å²) in [5.41, 5.74) is 4.78. The summed E-state index contributed by atoms with van der Waals surface area (Å²) in [5, 5.41) is 10.4. The van der Waals surface area contributed by atoms with E-state index in [1.807, 2.05) is 59.8 Å². The lowest BCUT2D eigenvalue weighted by atomic mass is 9.68. The number of carbonyl (C=O) groups excluding carboxylic acids is 1. The number of para-hydroxylation sites is 2. The number of phenols is 1. The number of aromatic hydroxyl groups is 1. The molecule has 3 heterocycles. The summed E-state index contributed by atoms with van der Waals surface area (Å²) < 4.78 is 8.47. The van der Waals surface area contributed by atoms with Gasteiger partial charge in [-0.3, -0.25) is 19.5 Å². The van der Waals surface area contributed by atoms with E-state index in [-0.39, 0.29) is 27.3 Å². The second-order valence-electron chi connectivity index (χ2n) is 13.2. The molecule has 47 heavy (non-hydrogen) atoms. The number of benzene rings is 3. The van der Waals surface area contributed by atoms with Crippen LogP contribution < -0.4 is 15.2 Å². The molecule has 0 radical (unpaired) electrons. The van der Waals surface area contributed by atoms with Gasteiger partial charge in [0.25, 0.3) is 5.56 Å². The quantitative estimate of drug-likeness (QED) is 0.111. The van der Waals surface area contributed by atoms with Crippen LogP contribution in [0.1, 0.15) is 63.0 Å². The number of phenolic OH excluding ortho intramolecular Hbond substituents is 1. The zero-order valence-electron chi connectivity index (χ0n) is 26.5. The predicted octanol–water partition coefficient (Wildman–Crippen LogP) is 7.66. The van der Waals surface area contributed by atoms with Gasteiger partial charge in [0.1, 0.15) is 17.3 Å². The van der Waals surface area contributed by atoms with E-state index < -0.39 is 5.92 Å². The van der Waals surface area contributed by atoms with Crippen LogP contribution in [0, 0.1) is 10.2 Å². The zero-order valence-corrected chi connectivity index (χ0v) is 27.3. The van der Waals surface area contributed by atoms with Gasteiger partial charge in [-0.1, -0.05) is 44.2 Å². The van der Waals surface area contributed by atoms with Crippen LogP contribution in [0.15, 0.2) is 95.2 Å². The lowest BCUT2D eigenvalue weighted by molar-refractivity contribution is -0.118. The van der Waals surface area contributed by atoms with E-state index in [0.29, 0.717) is 42.1 Å². The number of aryl methyl sites for hydroxylation is 1. The van der Waals surface area contributed by atoms with Gasteiger partial charge in [-0.15, -0.1) is 0 Å². The minimum atomic E-state index is -0.596. The minimum absolute atomic E-state index is 0.00270. The number of nitrogens with zero attached hydrogens (tertiary/aromatic N) is 3. The maximum absolute atomic E-state index is 14.0. The molecule has 9 nitrogen and oxygen atoms in total. The molecule has 5 aromatic rings. The van der Waals surface area contributed by atoms with Crippen molar-refractivity contribution in [1.82, 2.24) is 19.5 Å². The summed E-state index contributed by atoms with van der Waals surface area (Å²) in [6.07, 6.45) is 5.85. The van der Waals surface area contributed by atoms with Crippen LogP contribution in [0.25, 0.3) is 11.0 Å². The predicted molar refractivity (Wildman–Crippen MR) is 185 cm³/mol. The fraction of sp³-hybridized carbons (Fsp3) is 0.297. The molecule has 1 atom stereocenters. The van der Waals surface area contributed by atoms with Crippen LogP contribution in [-0.4, -0.2) is 37.0 Å². The number of H-pyrrole nitrogens is 2. The van der Waals surface area contributed by atoms with E-state index in [1.165, 1.54) is 0 Å². The fourth-order valence-corrected chi connectivity index (χ4v) is 7.17. The molecule has 0 spiro atoms. The number of anilines is 2. The van der Waals surface area contributed by atoms with Gasteiger partial charge in [0.2, 0.25) is 0 Å². The number of fused-ring (bicyclic) bond motifs is 2. The maximum atomic E-state index is 14.0. The summed E-state index contributed by atoms with van der Waals surface area (Å²) in [7, 11) is 0. The second-order valence-corrected chi connectivity index (χ2v) is 13.6. The number of Topliss-reactive ketones (excluding diaryl/α,β-unsaturated/α-hetero) is 1. The number of rotatable bonds is 9. The van der Waals surface area contributed by atoms with Crippen molar-refractivity contribution in [2.24, 2.45) is 5.41 Å². The third-order valence-corrected chi connectivity index (χ3v) is 9.27. The molecule has 1 aliphatic carbocycles. The number of ether oxygens (including phenoxy) is 1. The molecule has 1 unspecified atom stereocenters. The van der Waals surface area contributed by atoms with E-state index in [0.717, 1.165) is 53.9 Å². The first kappa shape index (κ1) is 30.7. The van der Waals surface area contributed by atoms with Gasteiger partial charge < -0.3 is 19.4 Å². The standard InChI is InChI=1S/C37H37N5O4S/c1-37(2)20-29-32(30(44)21-37)31(33-34(39-36(47)40-35(33)45)42(29)24-9-8-10-25(43)19-24)23-13-15-26(16-14-23)46-18-7-3-6-17-41-22-38-27-11-4-5-12-28(27)41/h4-5,8-16,19,22,31,43H,3,6-7,17-18,20-21H2,1-2H3,(H2,39,40,45,47). The van der Waals surface area contributed by atoms with Crippen molar-refractivity contribution >= 4 is 40.5 Å². The van der Waals surface area contributed by atoms with Crippen LogP contribution in [0.5, 0.6) is 11.5 Å². The number of carbonyl (C=O) groups is 1. The smallest absolute Gasteiger partial charge is 0.258 e. The van der Waals surface area contributed by atoms with Crippen molar-refractivity contribution in [3.8, 4) is 11.5 Å². The highest BCUT2D eigenvalue weighted by Gasteiger charge is 2.45. The highest BCUT2D eigenvalue weighted by Crippen LogP contribution is 2.52. The second kappa shape index (κ2) is 12.3. The van der Waals surface area contributed by atoms with Crippen molar-refractivity contribution in [2.75, 3.05) is 11.5 Å². The summed E-state index contributed by atoms with van der Waals surface area (Å²) in [6, 6.07) is 22.7. The number of unbranched alkanes of at least 4 members (excludes halogenated alkanes) is 2. The van der Waals surface area contributed by atoms with Gasteiger partial charge in [0.05, 0.1) is 35.2 Å². The summed E-state index contributed by atoms with van der Waals surface area (Å²) in [6.45, 7) is 5.66. The number of ketones is 1. The number of nitrogens with one attached hydrogen (secondary N) is 2. The molecule has 10 heteroatoms. The first-order valence-electron chi connectivity index (χ1n) is 16.0. The Hall–Kier alpha value is -4.96. The molecule has 0 amide bonds. The molecule has 0 saturated heterocycles.